The van der Waals surface area contributed by atoms with E-state index >= 15 is 0 Å². The van der Waals surface area contributed by atoms with Crippen LogP contribution in [0.2, 0.25) is 5.02 Å². The zero-order valence-corrected chi connectivity index (χ0v) is 9.35. The standard InChI is InChI=1S/C12H11ClFN/c1-7(2)12-9-5-8(13)3-4-11(9)15-6-10(12)14/h3-7H,1-2H3. The first-order valence-electron chi connectivity index (χ1n) is 4.83. The largest absolute Gasteiger partial charge is 0.253 e. The SMILES string of the molecule is CC(C)c1c(F)cnc2ccc(Cl)cc12. The van der Waals surface area contributed by atoms with Gasteiger partial charge >= 0.3 is 0 Å². The summed E-state index contributed by atoms with van der Waals surface area (Å²) < 4.78 is 13.6. The molecule has 0 bridgehead atoms. The molecule has 0 fully saturated rings. The second-order valence-electron chi connectivity index (χ2n) is 3.84. The number of hydrogen-bond donors (Lipinski definition) is 0. The lowest BCUT2D eigenvalue weighted by atomic mass is 9.98. The van der Waals surface area contributed by atoms with Gasteiger partial charge in [0.2, 0.25) is 0 Å². The Hall–Kier alpha value is -1.15. The van der Waals surface area contributed by atoms with Crippen LogP contribution in [-0.4, -0.2) is 4.98 Å². The molecule has 0 unspecified atom stereocenters. The second kappa shape index (κ2) is 3.78. The fraction of sp³-hybridized carbons (Fsp3) is 0.250. The number of halogens is 2. The first-order chi connectivity index (χ1) is 7.09. The van der Waals surface area contributed by atoms with Gasteiger partial charge < -0.3 is 0 Å². The van der Waals surface area contributed by atoms with Crippen LogP contribution in [0.3, 0.4) is 0 Å². The van der Waals surface area contributed by atoms with Gasteiger partial charge in [0.05, 0.1) is 11.7 Å². The molecule has 0 amide bonds. The van der Waals surface area contributed by atoms with Crippen LogP contribution in [0.15, 0.2) is 24.4 Å². The topological polar surface area (TPSA) is 12.9 Å². The van der Waals surface area contributed by atoms with E-state index in [1.165, 1.54) is 6.20 Å². The third-order valence-corrected chi connectivity index (χ3v) is 2.64. The molecule has 0 N–H and O–H groups in total. The molecule has 0 radical (unpaired) electrons. The monoisotopic (exact) mass is 223 g/mol. The molecule has 0 aliphatic carbocycles. The van der Waals surface area contributed by atoms with Gasteiger partial charge in [0.15, 0.2) is 0 Å². The summed E-state index contributed by atoms with van der Waals surface area (Å²) in [5.74, 6) is -0.145. The second-order valence-corrected chi connectivity index (χ2v) is 4.27. The number of nitrogens with zero attached hydrogens (tertiary/aromatic N) is 1. The van der Waals surface area contributed by atoms with E-state index in [1.54, 1.807) is 12.1 Å². The number of hydrogen-bond acceptors (Lipinski definition) is 1. The van der Waals surface area contributed by atoms with Gasteiger partial charge in [-0.3, -0.25) is 4.98 Å². The summed E-state index contributed by atoms with van der Waals surface area (Å²) in [7, 11) is 0. The number of benzene rings is 1. The number of pyridine rings is 1. The summed E-state index contributed by atoms with van der Waals surface area (Å²) in [6.07, 6.45) is 1.27. The average molecular weight is 224 g/mol. The lowest BCUT2D eigenvalue weighted by molar-refractivity contribution is 0.597. The molecule has 78 valence electrons. The van der Waals surface area contributed by atoms with Crippen molar-refractivity contribution in [1.82, 2.24) is 4.98 Å². The maximum Gasteiger partial charge on any atom is 0.145 e. The fourth-order valence-corrected chi connectivity index (χ4v) is 1.92. The molecule has 0 saturated heterocycles. The highest BCUT2D eigenvalue weighted by molar-refractivity contribution is 6.31. The Morgan fingerprint density at radius 3 is 2.73 bits per heavy atom. The Balaban J connectivity index is 2.84. The zero-order chi connectivity index (χ0) is 11.0. The van der Waals surface area contributed by atoms with Crippen LogP contribution >= 0.6 is 11.6 Å². The Bertz CT molecular complexity index is 503. The van der Waals surface area contributed by atoms with Gasteiger partial charge in [-0.15, -0.1) is 0 Å². The number of rotatable bonds is 1. The molecule has 0 spiro atoms. The highest BCUT2D eigenvalue weighted by Crippen LogP contribution is 2.28. The first kappa shape index (κ1) is 10.4. The van der Waals surface area contributed by atoms with Crippen LogP contribution in [-0.2, 0) is 0 Å². The van der Waals surface area contributed by atoms with E-state index in [1.807, 2.05) is 19.9 Å². The van der Waals surface area contributed by atoms with Crippen LogP contribution in [0.5, 0.6) is 0 Å². The van der Waals surface area contributed by atoms with Gasteiger partial charge in [0.25, 0.3) is 0 Å². The number of aromatic nitrogens is 1. The maximum atomic E-state index is 13.6. The van der Waals surface area contributed by atoms with Crippen molar-refractivity contribution in [2.45, 2.75) is 19.8 Å². The lowest BCUT2D eigenvalue weighted by Crippen LogP contribution is -1.96. The van der Waals surface area contributed by atoms with Crippen LogP contribution in [0, 0.1) is 5.82 Å². The average Bonchev–Trinajstić information content (AvgIpc) is 2.16. The highest BCUT2D eigenvalue weighted by Gasteiger charge is 2.12. The van der Waals surface area contributed by atoms with Gasteiger partial charge in [-0.25, -0.2) is 4.39 Å². The third kappa shape index (κ3) is 1.82. The van der Waals surface area contributed by atoms with Crippen molar-refractivity contribution in [1.29, 1.82) is 0 Å². The van der Waals surface area contributed by atoms with Crippen LogP contribution in [0.1, 0.15) is 25.3 Å². The summed E-state index contributed by atoms with van der Waals surface area (Å²) in [5, 5.41) is 1.41. The molecule has 15 heavy (non-hydrogen) atoms. The smallest absolute Gasteiger partial charge is 0.145 e. The molecule has 0 saturated carbocycles. The zero-order valence-electron chi connectivity index (χ0n) is 8.59. The molecular formula is C12H11ClFN. The van der Waals surface area contributed by atoms with E-state index in [0.717, 1.165) is 10.9 Å². The van der Waals surface area contributed by atoms with Crippen molar-refractivity contribution in [2.75, 3.05) is 0 Å². The Kier molecular flexibility index (Phi) is 2.61. The molecule has 1 aromatic heterocycles. The minimum atomic E-state index is -0.264. The quantitative estimate of drug-likeness (QED) is 0.708. The summed E-state index contributed by atoms with van der Waals surface area (Å²) >= 11 is 5.90. The van der Waals surface area contributed by atoms with Crippen molar-refractivity contribution in [3.8, 4) is 0 Å². The van der Waals surface area contributed by atoms with E-state index in [9.17, 15) is 4.39 Å². The molecule has 3 heteroatoms. The third-order valence-electron chi connectivity index (χ3n) is 2.40. The van der Waals surface area contributed by atoms with Crippen molar-refractivity contribution >= 4 is 22.5 Å². The van der Waals surface area contributed by atoms with Gasteiger partial charge in [-0.05, 0) is 24.1 Å². The highest BCUT2D eigenvalue weighted by atomic mass is 35.5. The molecule has 0 aliphatic rings. The molecule has 0 atom stereocenters. The van der Waals surface area contributed by atoms with E-state index in [0.29, 0.717) is 10.6 Å². The van der Waals surface area contributed by atoms with E-state index in [-0.39, 0.29) is 11.7 Å². The minimum Gasteiger partial charge on any atom is -0.253 e. The van der Waals surface area contributed by atoms with E-state index in [2.05, 4.69) is 4.98 Å². The van der Waals surface area contributed by atoms with Crippen LogP contribution in [0.4, 0.5) is 4.39 Å². The van der Waals surface area contributed by atoms with Crippen molar-refractivity contribution in [3.63, 3.8) is 0 Å². The van der Waals surface area contributed by atoms with Crippen LogP contribution in [0.25, 0.3) is 10.9 Å². The van der Waals surface area contributed by atoms with Crippen molar-refractivity contribution in [2.24, 2.45) is 0 Å². The maximum absolute atomic E-state index is 13.6. The Morgan fingerprint density at radius 1 is 1.33 bits per heavy atom. The predicted octanol–water partition coefficient (Wildman–Crippen LogP) is 4.15. The predicted molar refractivity (Wildman–Crippen MR) is 60.8 cm³/mol. The van der Waals surface area contributed by atoms with Gasteiger partial charge in [0.1, 0.15) is 5.82 Å². The molecule has 1 nitrogen and oxygen atoms in total. The van der Waals surface area contributed by atoms with E-state index < -0.39 is 0 Å². The molecule has 2 rings (SSSR count). The molecular weight excluding hydrogens is 213 g/mol. The summed E-state index contributed by atoms with van der Waals surface area (Å²) in [6.45, 7) is 3.91. The normalized spacial score (nSPS) is 11.3. The van der Waals surface area contributed by atoms with Crippen molar-refractivity contribution < 1.29 is 4.39 Å². The Labute approximate surface area is 92.9 Å². The van der Waals surface area contributed by atoms with Gasteiger partial charge in [0, 0.05) is 16.0 Å². The van der Waals surface area contributed by atoms with E-state index in [4.69, 9.17) is 11.6 Å². The van der Waals surface area contributed by atoms with Crippen LogP contribution < -0.4 is 0 Å². The molecule has 1 aromatic carbocycles. The molecule has 2 aromatic rings. The summed E-state index contributed by atoms with van der Waals surface area (Å²) in [6, 6.07) is 5.34. The van der Waals surface area contributed by atoms with Crippen molar-refractivity contribution in [3.05, 3.63) is 40.8 Å². The number of fused-ring (bicyclic) bond motifs is 1. The fourth-order valence-electron chi connectivity index (χ4n) is 1.75. The van der Waals surface area contributed by atoms with Gasteiger partial charge in [-0.1, -0.05) is 25.4 Å². The first-order valence-corrected chi connectivity index (χ1v) is 5.21. The Morgan fingerprint density at radius 2 is 2.07 bits per heavy atom. The summed E-state index contributed by atoms with van der Waals surface area (Å²) in [4.78, 5) is 4.03. The van der Waals surface area contributed by atoms with Gasteiger partial charge in [-0.2, -0.15) is 0 Å². The lowest BCUT2D eigenvalue weighted by Gasteiger charge is -2.10. The minimum absolute atomic E-state index is 0.119. The summed E-state index contributed by atoms with van der Waals surface area (Å²) in [5.41, 5.74) is 1.46. The molecule has 1 heterocycles. The molecule has 0 aliphatic heterocycles.